The standard InChI is InChI=1S/C14H18N2O/c1-16-9-5-8-13(16)10-15-11-14(17)12-6-3-2-4-7-12/h2-9,14-15,17H,10-11H2,1H3/p+1/t14-/m0/s1. The Bertz CT molecular complexity index is 450. The molecule has 0 aliphatic rings. The third-order valence-corrected chi connectivity index (χ3v) is 2.98. The van der Waals surface area contributed by atoms with Crippen LogP contribution in [0.5, 0.6) is 0 Å². The van der Waals surface area contributed by atoms with Crippen molar-refractivity contribution in [3.8, 4) is 0 Å². The molecule has 3 N–H and O–H groups in total. The number of aryl methyl sites for hydroxylation is 1. The van der Waals surface area contributed by atoms with Crippen molar-refractivity contribution < 1.29 is 10.4 Å². The molecule has 3 nitrogen and oxygen atoms in total. The van der Waals surface area contributed by atoms with Crippen LogP contribution in [-0.4, -0.2) is 16.2 Å². The summed E-state index contributed by atoms with van der Waals surface area (Å²) in [6.45, 7) is 1.59. The summed E-state index contributed by atoms with van der Waals surface area (Å²) >= 11 is 0. The average Bonchev–Trinajstić information content (AvgIpc) is 2.76. The van der Waals surface area contributed by atoms with Crippen LogP contribution in [0.15, 0.2) is 48.7 Å². The summed E-state index contributed by atoms with van der Waals surface area (Å²) in [5, 5.41) is 12.1. The average molecular weight is 231 g/mol. The van der Waals surface area contributed by atoms with E-state index in [1.165, 1.54) is 5.69 Å². The lowest BCUT2D eigenvalue weighted by molar-refractivity contribution is -0.678. The molecule has 0 aliphatic heterocycles. The van der Waals surface area contributed by atoms with Gasteiger partial charge in [-0.1, -0.05) is 30.3 Å². The molecule has 0 unspecified atom stereocenters. The number of hydrogen-bond donors (Lipinski definition) is 2. The fourth-order valence-corrected chi connectivity index (χ4v) is 1.91. The van der Waals surface area contributed by atoms with E-state index in [9.17, 15) is 5.11 Å². The van der Waals surface area contributed by atoms with Crippen LogP contribution in [0.25, 0.3) is 0 Å². The van der Waals surface area contributed by atoms with Crippen molar-refractivity contribution >= 4 is 0 Å². The maximum atomic E-state index is 9.98. The van der Waals surface area contributed by atoms with Crippen molar-refractivity contribution in [2.45, 2.75) is 12.6 Å². The zero-order valence-electron chi connectivity index (χ0n) is 10.1. The SMILES string of the molecule is Cn1cccc1C[NH2+]C[C@H](O)c1ccccc1. The Labute approximate surface area is 102 Å². The molecule has 1 aromatic carbocycles. The highest BCUT2D eigenvalue weighted by molar-refractivity contribution is 5.17. The first-order valence-electron chi connectivity index (χ1n) is 5.92. The predicted molar refractivity (Wildman–Crippen MR) is 67.3 cm³/mol. The minimum absolute atomic E-state index is 0.392. The number of nitrogens with two attached hydrogens (primary N) is 1. The molecule has 0 fully saturated rings. The number of nitrogens with zero attached hydrogens (tertiary/aromatic N) is 1. The molecule has 2 rings (SSSR count). The van der Waals surface area contributed by atoms with Gasteiger partial charge in [-0.25, -0.2) is 0 Å². The highest BCUT2D eigenvalue weighted by Gasteiger charge is 2.09. The van der Waals surface area contributed by atoms with Crippen LogP contribution in [0.1, 0.15) is 17.4 Å². The number of benzene rings is 1. The Morgan fingerprint density at radius 2 is 1.94 bits per heavy atom. The number of aliphatic hydroxyl groups is 1. The van der Waals surface area contributed by atoms with E-state index < -0.39 is 6.10 Å². The van der Waals surface area contributed by atoms with Crippen LogP contribution in [0.2, 0.25) is 0 Å². The second-order valence-electron chi connectivity index (χ2n) is 4.27. The highest BCUT2D eigenvalue weighted by Crippen LogP contribution is 2.09. The maximum absolute atomic E-state index is 9.98. The van der Waals surface area contributed by atoms with Crippen LogP contribution >= 0.6 is 0 Å². The second-order valence-corrected chi connectivity index (χ2v) is 4.27. The minimum atomic E-state index is -0.392. The van der Waals surface area contributed by atoms with E-state index in [0.29, 0.717) is 6.54 Å². The quantitative estimate of drug-likeness (QED) is 0.786. The molecule has 0 radical (unpaired) electrons. The van der Waals surface area contributed by atoms with Gasteiger partial charge in [-0.3, -0.25) is 0 Å². The predicted octanol–water partition coefficient (Wildman–Crippen LogP) is 0.822. The van der Waals surface area contributed by atoms with E-state index in [2.05, 4.69) is 16.0 Å². The molecule has 1 aromatic heterocycles. The lowest BCUT2D eigenvalue weighted by atomic mass is 10.1. The third kappa shape index (κ3) is 3.19. The zero-order valence-corrected chi connectivity index (χ0v) is 10.1. The molecule has 1 heterocycles. The van der Waals surface area contributed by atoms with Gasteiger partial charge in [-0.2, -0.15) is 0 Å². The van der Waals surface area contributed by atoms with Gasteiger partial charge in [0.2, 0.25) is 0 Å². The molecule has 0 amide bonds. The molecule has 0 aliphatic carbocycles. The van der Waals surface area contributed by atoms with Crippen LogP contribution in [0, 0.1) is 0 Å². The molecular formula is C14H19N2O+. The van der Waals surface area contributed by atoms with Crippen LogP contribution in [-0.2, 0) is 13.6 Å². The molecule has 0 saturated carbocycles. The van der Waals surface area contributed by atoms with Gasteiger partial charge in [-0.05, 0) is 17.7 Å². The highest BCUT2D eigenvalue weighted by atomic mass is 16.3. The number of hydrogen-bond acceptors (Lipinski definition) is 1. The fourth-order valence-electron chi connectivity index (χ4n) is 1.91. The van der Waals surface area contributed by atoms with E-state index in [1.54, 1.807) is 0 Å². The van der Waals surface area contributed by atoms with E-state index in [4.69, 9.17) is 0 Å². The Balaban J connectivity index is 1.81. The first-order chi connectivity index (χ1) is 8.27. The van der Waals surface area contributed by atoms with Crippen molar-refractivity contribution in [3.05, 3.63) is 59.9 Å². The monoisotopic (exact) mass is 231 g/mol. The van der Waals surface area contributed by atoms with Gasteiger partial charge in [-0.15, -0.1) is 0 Å². The van der Waals surface area contributed by atoms with Gasteiger partial charge >= 0.3 is 0 Å². The third-order valence-electron chi connectivity index (χ3n) is 2.98. The Kier molecular flexibility index (Phi) is 3.96. The summed E-state index contributed by atoms with van der Waals surface area (Å²) < 4.78 is 2.10. The van der Waals surface area contributed by atoms with Gasteiger partial charge in [0.25, 0.3) is 0 Å². The second kappa shape index (κ2) is 5.66. The molecule has 0 saturated heterocycles. The first kappa shape index (κ1) is 11.9. The first-order valence-corrected chi connectivity index (χ1v) is 5.92. The van der Waals surface area contributed by atoms with Crippen molar-refractivity contribution in [2.24, 2.45) is 7.05 Å². The van der Waals surface area contributed by atoms with Crippen molar-refractivity contribution in [2.75, 3.05) is 6.54 Å². The molecule has 2 aromatic rings. The fraction of sp³-hybridized carbons (Fsp3) is 0.286. The normalized spacial score (nSPS) is 12.6. The molecular weight excluding hydrogens is 212 g/mol. The van der Waals surface area contributed by atoms with Gasteiger partial charge in [0.15, 0.2) is 0 Å². The molecule has 0 spiro atoms. The van der Waals surface area contributed by atoms with Gasteiger partial charge in [0.1, 0.15) is 19.2 Å². The molecule has 90 valence electrons. The Morgan fingerprint density at radius 1 is 1.18 bits per heavy atom. The summed E-state index contributed by atoms with van der Waals surface area (Å²) in [6.07, 6.45) is 1.65. The van der Waals surface area contributed by atoms with Gasteiger partial charge in [0, 0.05) is 13.2 Å². The summed E-state index contributed by atoms with van der Waals surface area (Å²) in [7, 11) is 2.04. The lowest BCUT2D eigenvalue weighted by Gasteiger charge is -2.10. The van der Waals surface area contributed by atoms with E-state index in [0.717, 1.165) is 12.1 Å². The summed E-state index contributed by atoms with van der Waals surface area (Å²) in [5.41, 5.74) is 2.25. The Hall–Kier alpha value is -1.58. The largest absolute Gasteiger partial charge is 0.382 e. The van der Waals surface area contributed by atoms with Crippen LogP contribution in [0.4, 0.5) is 0 Å². The van der Waals surface area contributed by atoms with E-state index in [1.807, 2.05) is 49.6 Å². The summed E-state index contributed by atoms with van der Waals surface area (Å²) in [4.78, 5) is 0. The van der Waals surface area contributed by atoms with E-state index in [-0.39, 0.29) is 0 Å². The number of aliphatic hydroxyl groups excluding tert-OH is 1. The van der Waals surface area contributed by atoms with E-state index >= 15 is 0 Å². The summed E-state index contributed by atoms with van der Waals surface area (Å²) in [5.74, 6) is 0. The van der Waals surface area contributed by atoms with Crippen LogP contribution in [0.3, 0.4) is 0 Å². The zero-order chi connectivity index (χ0) is 12.1. The maximum Gasteiger partial charge on any atom is 0.128 e. The lowest BCUT2D eigenvalue weighted by Crippen LogP contribution is -2.83. The molecule has 17 heavy (non-hydrogen) atoms. The smallest absolute Gasteiger partial charge is 0.128 e. The van der Waals surface area contributed by atoms with Crippen molar-refractivity contribution in [1.82, 2.24) is 4.57 Å². The van der Waals surface area contributed by atoms with Crippen molar-refractivity contribution in [1.29, 1.82) is 0 Å². The van der Waals surface area contributed by atoms with Gasteiger partial charge in [0.05, 0.1) is 5.69 Å². The van der Waals surface area contributed by atoms with Crippen molar-refractivity contribution in [3.63, 3.8) is 0 Å². The summed E-state index contributed by atoms with van der Waals surface area (Å²) in [6, 6.07) is 13.9. The molecule has 3 heteroatoms. The minimum Gasteiger partial charge on any atom is -0.382 e. The number of quaternary nitrogens is 1. The molecule has 1 atom stereocenters. The van der Waals surface area contributed by atoms with Gasteiger partial charge < -0.3 is 15.0 Å². The molecule has 0 bridgehead atoms. The topological polar surface area (TPSA) is 41.8 Å². The number of aromatic nitrogens is 1. The Morgan fingerprint density at radius 3 is 2.59 bits per heavy atom. The number of rotatable bonds is 5. The van der Waals surface area contributed by atoms with Crippen LogP contribution < -0.4 is 5.32 Å².